The third-order valence-corrected chi connectivity index (χ3v) is 6.67. The van der Waals surface area contributed by atoms with E-state index in [4.69, 9.17) is 18.9 Å². The van der Waals surface area contributed by atoms with E-state index in [9.17, 15) is 14.4 Å². The van der Waals surface area contributed by atoms with E-state index in [0.717, 1.165) is 0 Å². The molecule has 0 saturated heterocycles. The lowest BCUT2D eigenvalue weighted by Gasteiger charge is -2.25. The van der Waals surface area contributed by atoms with Crippen molar-refractivity contribution in [1.29, 1.82) is 0 Å². The number of thiazole rings is 1. The van der Waals surface area contributed by atoms with Crippen LogP contribution in [0.3, 0.4) is 0 Å². The van der Waals surface area contributed by atoms with Gasteiger partial charge in [0.2, 0.25) is 0 Å². The number of hydrogen-bond acceptors (Lipinski definition) is 9. The number of allylic oxidation sites excluding steroid dienone is 1. The molecule has 0 fully saturated rings. The molecule has 2 heterocycles. The van der Waals surface area contributed by atoms with E-state index in [0.29, 0.717) is 37.7 Å². The molecule has 1 aliphatic rings. The number of hydrogen-bond donors (Lipinski definition) is 0. The third kappa shape index (κ3) is 5.05. The SMILES string of the molecule is CCOC(=O)C1=C(C)N=c2sc(=Cc3ccc(OC(C)=O)c(OC)c3)c(=O)n2C1c1ccccc1OC. The Morgan fingerprint density at radius 2 is 1.81 bits per heavy atom. The van der Waals surface area contributed by atoms with Crippen molar-refractivity contribution in [2.24, 2.45) is 4.99 Å². The second-order valence-electron chi connectivity index (χ2n) is 8.05. The fourth-order valence-corrected chi connectivity index (χ4v) is 5.19. The fourth-order valence-electron chi connectivity index (χ4n) is 4.14. The number of aromatic nitrogens is 1. The predicted molar refractivity (Wildman–Crippen MR) is 138 cm³/mol. The van der Waals surface area contributed by atoms with Crippen molar-refractivity contribution >= 4 is 29.4 Å². The van der Waals surface area contributed by atoms with Crippen LogP contribution in [-0.2, 0) is 14.3 Å². The number of rotatable bonds is 7. The van der Waals surface area contributed by atoms with E-state index >= 15 is 0 Å². The van der Waals surface area contributed by atoms with Crippen LogP contribution in [0.2, 0.25) is 0 Å². The van der Waals surface area contributed by atoms with Gasteiger partial charge >= 0.3 is 11.9 Å². The van der Waals surface area contributed by atoms with Gasteiger partial charge in [0.25, 0.3) is 5.56 Å². The highest BCUT2D eigenvalue weighted by atomic mass is 32.1. The number of para-hydroxylation sites is 1. The minimum absolute atomic E-state index is 0.184. The summed E-state index contributed by atoms with van der Waals surface area (Å²) in [6.07, 6.45) is 1.70. The van der Waals surface area contributed by atoms with Gasteiger partial charge in [0, 0.05) is 12.5 Å². The molecule has 0 saturated carbocycles. The quantitative estimate of drug-likeness (QED) is 0.347. The summed E-state index contributed by atoms with van der Waals surface area (Å²) < 4.78 is 23.3. The molecule has 192 valence electrons. The zero-order valence-corrected chi connectivity index (χ0v) is 21.9. The van der Waals surface area contributed by atoms with Gasteiger partial charge in [-0.05, 0) is 43.7 Å². The molecule has 1 aliphatic heterocycles. The topological polar surface area (TPSA) is 105 Å². The molecule has 1 atom stereocenters. The number of ether oxygens (including phenoxy) is 4. The highest BCUT2D eigenvalue weighted by Crippen LogP contribution is 2.35. The van der Waals surface area contributed by atoms with Gasteiger partial charge in [0.05, 0.1) is 36.6 Å². The van der Waals surface area contributed by atoms with Crippen LogP contribution >= 0.6 is 11.3 Å². The lowest BCUT2D eigenvalue weighted by molar-refractivity contribution is -0.139. The summed E-state index contributed by atoms with van der Waals surface area (Å²) in [5.74, 6) is 0.149. The van der Waals surface area contributed by atoms with Crippen molar-refractivity contribution in [3.63, 3.8) is 0 Å². The first kappa shape index (κ1) is 25.9. The molecule has 0 aliphatic carbocycles. The summed E-state index contributed by atoms with van der Waals surface area (Å²) in [7, 11) is 3.00. The molecular weight excluding hydrogens is 496 g/mol. The van der Waals surface area contributed by atoms with E-state index in [1.807, 2.05) is 18.2 Å². The largest absolute Gasteiger partial charge is 0.496 e. The summed E-state index contributed by atoms with van der Waals surface area (Å²) >= 11 is 1.20. The van der Waals surface area contributed by atoms with Crippen molar-refractivity contribution in [2.75, 3.05) is 20.8 Å². The molecule has 9 nitrogen and oxygen atoms in total. The zero-order chi connectivity index (χ0) is 26.7. The predicted octanol–water partition coefficient (Wildman–Crippen LogP) is 2.74. The summed E-state index contributed by atoms with van der Waals surface area (Å²) in [6.45, 7) is 4.94. The normalized spacial score (nSPS) is 15.1. The first-order valence-corrected chi connectivity index (χ1v) is 12.3. The van der Waals surface area contributed by atoms with Crippen molar-refractivity contribution in [3.05, 3.63) is 84.5 Å². The van der Waals surface area contributed by atoms with Crippen LogP contribution in [0.1, 0.15) is 37.9 Å². The second kappa shape index (κ2) is 10.8. The molecule has 1 unspecified atom stereocenters. The summed E-state index contributed by atoms with van der Waals surface area (Å²) in [5, 5.41) is 0. The van der Waals surface area contributed by atoms with Crippen LogP contribution in [0.5, 0.6) is 17.2 Å². The number of nitrogens with zero attached hydrogens (tertiary/aromatic N) is 2. The Morgan fingerprint density at radius 1 is 1.08 bits per heavy atom. The Kier molecular flexibility index (Phi) is 7.58. The molecular formula is C27H26N2O7S. The molecule has 0 bridgehead atoms. The minimum Gasteiger partial charge on any atom is -0.496 e. The molecule has 10 heteroatoms. The van der Waals surface area contributed by atoms with Crippen molar-refractivity contribution < 1.29 is 28.5 Å². The Morgan fingerprint density at radius 3 is 2.49 bits per heavy atom. The molecule has 4 rings (SSSR count). The first-order chi connectivity index (χ1) is 17.8. The van der Waals surface area contributed by atoms with E-state index in [2.05, 4.69) is 4.99 Å². The number of methoxy groups -OCH3 is 2. The van der Waals surface area contributed by atoms with Crippen molar-refractivity contribution in [2.45, 2.75) is 26.8 Å². The number of carbonyl (C=O) groups is 2. The minimum atomic E-state index is -0.783. The number of esters is 2. The Hall–Kier alpha value is -4.18. The van der Waals surface area contributed by atoms with Gasteiger partial charge in [-0.25, -0.2) is 9.79 Å². The highest BCUT2D eigenvalue weighted by molar-refractivity contribution is 7.07. The van der Waals surface area contributed by atoms with Crippen LogP contribution in [0, 0.1) is 0 Å². The molecule has 0 radical (unpaired) electrons. The lowest BCUT2D eigenvalue weighted by atomic mass is 9.95. The molecule has 0 N–H and O–H groups in total. The van der Waals surface area contributed by atoms with Crippen molar-refractivity contribution in [1.82, 2.24) is 4.57 Å². The lowest BCUT2D eigenvalue weighted by Crippen LogP contribution is -2.40. The number of carbonyl (C=O) groups excluding carboxylic acids is 2. The van der Waals surface area contributed by atoms with Gasteiger partial charge in [-0.15, -0.1) is 0 Å². The Bertz CT molecular complexity index is 1580. The van der Waals surface area contributed by atoms with Gasteiger partial charge < -0.3 is 18.9 Å². The first-order valence-electron chi connectivity index (χ1n) is 11.5. The summed E-state index contributed by atoms with van der Waals surface area (Å²) in [5.41, 5.74) is 1.72. The van der Waals surface area contributed by atoms with E-state index < -0.39 is 18.0 Å². The average Bonchev–Trinajstić information content (AvgIpc) is 3.17. The Labute approximate surface area is 216 Å². The number of fused-ring (bicyclic) bond motifs is 1. The van der Waals surface area contributed by atoms with E-state index in [-0.39, 0.29) is 23.5 Å². The molecule has 0 amide bonds. The van der Waals surface area contributed by atoms with Crippen LogP contribution in [-0.4, -0.2) is 37.3 Å². The van der Waals surface area contributed by atoms with Crippen LogP contribution < -0.4 is 29.1 Å². The van der Waals surface area contributed by atoms with Gasteiger partial charge in [-0.3, -0.25) is 14.2 Å². The van der Waals surface area contributed by atoms with Crippen molar-refractivity contribution in [3.8, 4) is 17.2 Å². The molecule has 0 spiro atoms. The maximum Gasteiger partial charge on any atom is 0.338 e. The van der Waals surface area contributed by atoms with E-state index in [1.165, 1.54) is 37.0 Å². The highest BCUT2D eigenvalue weighted by Gasteiger charge is 2.34. The van der Waals surface area contributed by atoms with E-state index in [1.54, 1.807) is 44.2 Å². The summed E-state index contributed by atoms with van der Waals surface area (Å²) in [6, 6.07) is 11.4. The molecule has 37 heavy (non-hydrogen) atoms. The van der Waals surface area contributed by atoms with Gasteiger partial charge in [-0.1, -0.05) is 35.6 Å². The van der Waals surface area contributed by atoms with Crippen LogP contribution in [0.15, 0.2) is 63.5 Å². The third-order valence-electron chi connectivity index (χ3n) is 5.69. The van der Waals surface area contributed by atoms with Gasteiger partial charge in [0.15, 0.2) is 16.3 Å². The molecule has 2 aromatic carbocycles. The summed E-state index contributed by atoms with van der Waals surface area (Å²) in [4.78, 5) is 43.2. The smallest absolute Gasteiger partial charge is 0.338 e. The Balaban J connectivity index is 1.92. The monoisotopic (exact) mass is 522 g/mol. The average molecular weight is 523 g/mol. The maximum absolute atomic E-state index is 13.8. The fraction of sp³-hybridized carbons (Fsp3) is 0.259. The van der Waals surface area contributed by atoms with Gasteiger partial charge in [-0.2, -0.15) is 0 Å². The van der Waals surface area contributed by atoms with Gasteiger partial charge in [0.1, 0.15) is 11.8 Å². The molecule has 3 aromatic rings. The number of benzene rings is 2. The maximum atomic E-state index is 13.8. The molecule has 1 aromatic heterocycles. The standard InChI is InChI=1S/C27H26N2O7S/c1-6-35-26(32)23-15(2)28-27-29(24(23)18-9-7-8-10-19(18)33-4)25(31)22(37-27)14-17-11-12-20(36-16(3)30)21(13-17)34-5/h7-14,24H,6H2,1-5H3. The second-order valence-corrected chi connectivity index (χ2v) is 9.06. The zero-order valence-electron chi connectivity index (χ0n) is 21.1. The van der Waals surface area contributed by atoms with Crippen LogP contribution in [0.25, 0.3) is 6.08 Å². The van der Waals surface area contributed by atoms with Crippen LogP contribution in [0.4, 0.5) is 0 Å².